The highest BCUT2D eigenvalue weighted by atomic mass is 32.2. The third kappa shape index (κ3) is 4.42. The Labute approximate surface area is 188 Å². The predicted molar refractivity (Wildman–Crippen MR) is 123 cm³/mol. The van der Waals surface area contributed by atoms with Gasteiger partial charge in [-0.3, -0.25) is 4.79 Å². The van der Waals surface area contributed by atoms with Crippen LogP contribution in [-0.2, 0) is 21.2 Å². The minimum Gasteiger partial charge on any atom is -0.495 e. The number of ether oxygens (including phenoxy) is 1. The molecule has 0 saturated carbocycles. The number of methoxy groups -OCH3 is 1. The smallest absolute Gasteiger partial charge is 0.247 e. The molecule has 0 radical (unpaired) electrons. The largest absolute Gasteiger partial charge is 0.495 e. The van der Waals surface area contributed by atoms with Crippen LogP contribution in [0, 0.1) is 0 Å². The maximum Gasteiger partial charge on any atom is 0.247 e. The van der Waals surface area contributed by atoms with E-state index in [1.807, 2.05) is 11.8 Å². The molecule has 1 aromatic carbocycles. The first-order valence-corrected chi connectivity index (χ1v) is 13.0. The Morgan fingerprint density at radius 2 is 1.94 bits per heavy atom. The molecule has 31 heavy (non-hydrogen) atoms. The number of carbonyl (C=O) groups is 1. The third-order valence-corrected chi connectivity index (χ3v) is 9.02. The molecule has 2 aromatic rings. The quantitative estimate of drug-likeness (QED) is 0.631. The third-order valence-electron chi connectivity index (χ3n) is 6.10. The number of carbonyl (C=O) groups excluding carboxylic acids is 1. The Balaban J connectivity index is 1.56. The molecule has 1 amide bonds. The van der Waals surface area contributed by atoms with Gasteiger partial charge in [-0.25, -0.2) is 8.42 Å². The van der Waals surface area contributed by atoms with Crippen LogP contribution in [0.4, 0.5) is 0 Å². The highest BCUT2D eigenvalue weighted by Crippen LogP contribution is 2.33. The fourth-order valence-corrected chi connectivity index (χ4v) is 6.99. The Morgan fingerprint density at radius 3 is 2.68 bits per heavy atom. The first-order valence-electron chi connectivity index (χ1n) is 10.6. The second-order valence-electron chi connectivity index (χ2n) is 7.97. The topological polar surface area (TPSA) is 66.9 Å². The van der Waals surface area contributed by atoms with E-state index in [1.165, 1.54) is 27.9 Å². The lowest BCUT2D eigenvalue weighted by Crippen LogP contribution is -2.37. The number of hydrogen-bond donors (Lipinski definition) is 0. The minimum atomic E-state index is -3.64. The zero-order valence-corrected chi connectivity index (χ0v) is 19.5. The van der Waals surface area contributed by atoms with E-state index in [-0.39, 0.29) is 16.8 Å². The first-order chi connectivity index (χ1) is 14.9. The van der Waals surface area contributed by atoms with E-state index < -0.39 is 10.0 Å². The van der Waals surface area contributed by atoms with Crippen molar-refractivity contribution in [1.29, 1.82) is 0 Å². The van der Waals surface area contributed by atoms with Crippen molar-refractivity contribution >= 4 is 33.3 Å². The summed E-state index contributed by atoms with van der Waals surface area (Å²) in [6.07, 6.45) is 6.89. The van der Waals surface area contributed by atoms with E-state index >= 15 is 0 Å². The average molecular weight is 461 g/mol. The van der Waals surface area contributed by atoms with Crippen LogP contribution >= 0.6 is 11.3 Å². The zero-order valence-electron chi connectivity index (χ0n) is 17.9. The van der Waals surface area contributed by atoms with Crippen LogP contribution in [-0.4, -0.2) is 50.3 Å². The number of benzene rings is 1. The Kier molecular flexibility index (Phi) is 6.50. The monoisotopic (exact) mass is 460 g/mol. The number of amides is 1. The van der Waals surface area contributed by atoms with Gasteiger partial charge in [-0.1, -0.05) is 12.5 Å². The van der Waals surface area contributed by atoms with Gasteiger partial charge in [-0.05, 0) is 67.0 Å². The van der Waals surface area contributed by atoms with E-state index in [0.29, 0.717) is 30.9 Å². The lowest BCUT2D eigenvalue weighted by atomic mass is 10.0. The first kappa shape index (κ1) is 22.0. The van der Waals surface area contributed by atoms with E-state index in [9.17, 15) is 13.2 Å². The van der Waals surface area contributed by atoms with Gasteiger partial charge < -0.3 is 9.64 Å². The number of rotatable bonds is 5. The van der Waals surface area contributed by atoms with Crippen molar-refractivity contribution in [2.24, 2.45) is 0 Å². The summed E-state index contributed by atoms with van der Waals surface area (Å²) in [5, 5.41) is 2.08. The number of sulfonamides is 1. The maximum absolute atomic E-state index is 13.2. The summed E-state index contributed by atoms with van der Waals surface area (Å²) < 4.78 is 33.2. The zero-order chi connectivity index (χ0) is 22.0. The number of thiophene rings is 1. The van der Waals surface area contributed by atoms with Crippen LogP contribution in [0.3, 0.4) is 0 Å². The molecule has 0 N–H and O–H groups in total. The van der Waals surface area contributed by atoms with Crippen LogP contribution in [0.25, 0.3) is 6.08 Å². The molecule has 8 heteroatoms. The molecule has 1 aromatic heterocycles. The Hall–Kier alpha value is -2.16. The number of piperidine rings is 1. The van der Waals surface area contributed by atoms with Gasteiger partial charge in [0, 0.05) is 30.6 Å². The van der Waals surface area contributed by atoms with E-state index in [1.54, 1.807) is 35.6 Å². The summed E-state index contributed by atoms with van der Waals surface area (Å²) >= 11 is 1.74. The molecule has 0 spiro atoms. The van der Waals surface area contributed by atoms with Crippen molar-refractivity contribution < 1.29 is 17.9 Å². The van der Waals surface area contributed by atoms with Gasteiger partial charge >= 0.3 is 0 Å². The molecule has 1 saturated heterocycles. The normalized spacial score (nSPS) is 20.1. The Morgan fingerprint density at radius 1 is 1.16 bits per heavy atom. The van der Waals surface area contributed by atoms with Gasteiger partial charge in [-0.2, -0.15) is 4.31 Å². The molecule has 166 valence electrons. The van der Waals surface area contributed by atoms with Crippen LogP contribution in [0.5, 0.6) is 5.75 Å². The van der Waals surface area contributed by atoms with Crippen LogP contribution in [0.2, 0.25) is 0 Å². The summed E-state index contributed by atoms with van der Waals surface area (Å²) in [5.41, 5.74) is 1.88. The maximum atomic E-state index is 13.2. The molecule has 2 aliphatic rings. The number of nitrogens with zero attached hydrogens (tertiary/aromatic N) is 2. The second-order valence-corrected chi connectivity index (χ2v) is 10.9. The number of fused-ring (bicyclic) bond motifs is 1. The predicted octanol–water partition coefficient (Wildman–Crippen LogP) is 4.09. The highest BCUT2D eigenvalue weighted by Gasteiger charge is 2.29. The summed E-state index contributed by atoms with van der Waals surface area (Å²) in [5.74, 6) is 0.254. The van der Waals surface area contributed by atoms with E-state index in [2.05, 4.69) is 11.4 Å². The van der Waals surface area contributed by atoms with Gasteiger partial charge in [0.05, 0.1) is 13.2 Å². The molecular weight excluding hydrogens is 432 g/mol. The molecule has 1 unspecified atom stereocenters. The second kappa shape index (κ2) is 9.14. The van der Waals surface area contributed by atoms with Gasteiger partial charge in [0.1, 0.15) is 10.6 Å². The van der Waals surface area contributed by atoms with Crippen molar-refractivity contribution in [2.45, 2.75) is 43.5 Å². The van der Waals surface area contributed by atoms with Crippen LogP contribution < -0.4 is 4.74 Å². The lowest BCUT2D eigenvalue weighted by molar-refractivity contribution is -0.128. The molecule has 6 nitrogen and oxygen atoms in total. The van der Waals surface area contributed by atoms with Gasteiger partial charge in [0.2, 0.25) is 15.9 Å². The van der Waals surface area contributed by atoms with E-state index in [0.717, 1.165) is 25.7 Å². The fourth-order valence-electron chi connectivity index (χ4n) is 4.32. The van der Waals surface area contributed by atoms with Crippen molar-refractivity contribution in [1.82, 2.24) is 9.21 Å². The van der Waals surface area contributed by atoms with Crippen molar-refractivity contribution in [3.05, 3.63) is 51.7 Å². The minimum absolute atomic E-state index is 0.0399. The summed E-state index contributed by atoms with van der Waals surface area (Å²) in [7, 11) is -2.17. The van der Waals surface area contributed by atoms with Crippen LogP contribution in [0.1, 0.15) is 48.2 Å². The fraction of sp³-hybridized carbons (Fsp3) is 0.435. The van der Waals surface area contributed by atoms with Crippen LogP contribution in [0.15, 0.2) is 40.6 Å². The SMILES string of the molecule is COc1ccc(C=CC(=O)N2CCc3sccc3C2C)cc1S(=O)(=O)N1CCCCC1. The molecule has 0 bridgehead atoms. The van der Waals surface area contributed by atoms with Gasteiger partial charge in [0.15, 0.2) is 0 Å². The molecule has 4 rings (SSSR count). The molecular formula is C23H28N2O4S2. The number of hydrogen-bond acceptors (Lipinski definition) is 5. The van der Waals surface area contributed by atoms with Crippen molar-refractivity contribution in [3.8, 4) is 5.75 Å². The molecule has 3 heterocycles. The molecule has 1 fully saturated rings. The van der Waals surface area contributed by atoms with Crippen molar-refractivity contribution in [3.63, 3.8) is 0 Å². The van der Waals surface area contributed by atoms with E-state index in [4.69, 9.17) is 4.74 Å². The van der Waals surface area contributed by atoms with Gasteiger partial charge in [-0.15, -0.1) is 11.3 Å². The highest BCUT2D eigenvalue weighted by molar-refractivity contribution is 7.89. The molecule has 0 aliphatic carbocycles. The summed E-state index contributed by atoms with van der Waals surface area (Å²) in [6, 6.07) is 7.16. The Bertz CT molecular complexity index is 1080. The average Bonchev–Trinajstić information content (AvgIpc) is 3.28. The summed E-state index contributed by atoms with van der Waals surface area (Å²) in [4.78, 5) is 16.2. The van der Waals surface area contributed by atoms with Crippen molar-refractivity contribution in [2.75, 3.05) is 26.7 Å². The standard InChI is InChI=1S/C23H28N2O4S2/c1-17-19-11-15-30-21(19)10-14-25(17)23(26)9-7-18-6-8-20(29-2)22(16-18)31(27,28)24-12-4-3-5-13-24/h6-9,11,15-17H,3-5,10,12-14H2,1-2H3. The lowest BCUT2D eigenvalue weighted by Gasteiger charge is -2.32. The molecule has 2 aliphatic heterocycles. The summed E-state index contributed by atoms with van der Waals surface area (Å²) in [6.45, 7) is 3.80. The van der Waals surface area contributed by atoms with Gasteiger partial charge in [0.25, 0.3) is 0 Å². The molecule has 1 atom stereocenters.